The van der Waals surface area contributed by atoms with Gasteiger partial charge in [0.2, 0.25) is 5.91 Å². The predicted molar refractivity (Wildman–Crippen MR) is 100 cm³/mol. The van der Waals surface area contributed by atoms with Gasteiger partial charge < -0.3 is 10.2 Å². The van der Waals surface area contributed by atoms with Gasteiger partial charge in [-0.3, -0.25) is 9.69 Å². The first-order chi connectivity index (χ1) is 12.8. The molecule has 0 unspecified atom stereocenters. The third-order valence-corrected chi connectivity index (χ3v) is 5.65. The summed E-state index contributed by atoms with van der Waals surface area (Å²) in [5.41, 5.74) is 1.06. The molecule has 1 aromatic rings. The molecule has 1 saturated heterocycles. The summed E-state index contributed by atoms with van der Waals surface area (Å²) in [6, 6.07) is 7.31. The van der Waals surface area contributed by atoms with E-state index in [1.807, 2.05) is 29.2 Å². The van der Waals surface area contributed by atoms with E-state index in [1.54, 1.807) is 0 Å². The van der Waals surface area contributed by atoms with Gasteiger partial charge in [0.15, 0.2) is 0 Å². The highest BCUT2D eigenvalue weighted by Gasteiger charge is 2.42. The minimum Gasteiger partial charge on any atom is -0.369 e. The van der Waals surface area contributed by atoms with Gasteiger partial charge in [0.25, 0.3) is 0 Å². The number of carbonyl (C=O) groups is 1. The first-order valence-electron chi connectivity index (χ1n) is 9.40. The van der Waals surface area contributed by atoms with E-state index in [0.717, 1.165) is 31.9 Å². The standard InChI is InChI=1S/C19H25ClF3N3O/c20-15-4-2-6-17(12-15)26-9-7-25(8-10-26)13-18(27)24-16-5-1-3-14(11-16)19(21,22)23/h2,4,6,12,14,16H,1,3,5,7-11,13H2,(H,24,27)/t14-,16-/m0/s1. The van der Waals surface area contributed by atoms with Crippen molar-refractivity contribution in [3.05, 3.63) is 29.3 Å². The molecule has 4 nitrogen and oxygen atoms in total. The maximum absolute atomic E-state index is 12.9. The molecule has 150 valence electrons. The number of alkyl halides is 3. The molecule has 3 rings (SSSR count). The number of nitrogens with zero attached hydrogens (tertiary/aromatic N) is 2. The molecule has 0 radical (unpaired) electrons. The highest BCUT2D eigenvalue weighted by Crippen LogP contribution is 2.37. The van der Waals surface area contributed by atoms with Crippen molar-refractivity contribution in [1.29, 1.82) is 0 Å². The second-order valence-corrected chi connectivity index (χ2v) is 7.85. The predicted octanol–water partition coefficient (Wildman–Crippen LogP) is 3.70. The minimum absolute atomic E-state index is 0.00220. The quantitative estimate of drug-likeness (QED) is 0.832. The van der Waals surface area contributed by atoms with Gasteiger partial charge in [-0.25, -0.2) is 0 Å². The Morgan fingerprint density at radius 2 is 1.93 bits per heavy atom. The van der Waals surface area contributed by atoms with E-state index < -0.39 is 12.1 Å². The summed E-state index contributed by atoms with van der Waals surface area (Å²) in [5.74, 6) is -1.48. The Morgan fingerprint density at radius 3 is 2.59 bits per heavy atom. The third kappa shape index (κ3) is 5.75. The van der Waals surface area contributed by atoms with Crippen LogP contribution in [-0.2, 0) is 4.79 Å². The SMILES string of the molecule is O=C(CN1CCN(c2cccc(Cl)c2)CC1)N[C@H]1CCC[C@H](C(F)(F)F)C1. The van der Waals surface area contributed by atoms with Crippen molar-refractivity contribution < 1.29 is 18.0 Å². The summed E-state index contributed by atoms with van der Waals surface area (Å²) < 4.78 is 38.7. The lowest BCUT2D eigenvalue weighted by atomic mass is 9.85. The zero-order chi connectivity index (χ0) is 19.4. The van der Waals surface area contributed by atoms with Gasteiger partial charge in [-0.15, -0.1) is 0 Å². The van der Waals surface area contributed by atoms with Crippen LogP contribution < -0.4 is 10.2 Å². The first kappa shape index (κ1) is 20.3. The molecule has 0 aromatic heterocycles. The number of carbonyl (C=O) groups excluding carboxylic acids is 1. The van der Waals surface area contributed by atoms with Crippen molar-refractivity contribution in [2.45, 2.75) is 37.9 Å². The van der Waals surface area contributed by atoms with Gasteiger partial charge in [0.1, 0.15) is 0 Å². The summed E-state index contributed by atoms with van der Waals surface area (Å²) in [6.45, 7) is 3.27. The minimum atomic E-state index is -4.17. The lowest BCUT2D eigenvalue weighted by Crippen LogP contribution is -2.51. The summed E-state index contributed by atoms with van der Waals surface area (Å²) >= 11 is 6.03. The number of piperazine rings is 1. The third-order valence-electron chi connectivity index (χ3n) is 5.42. The molecule has 2 aliphatic rings. The lowest BCUT2D eigenvalue weighted by Gasteiger charge is -2.36. The molecule has 27 heavy (non-hydrogen) atoms. The fourth-order valence-electron chi connectivity index (χ4n) is 3.93. The lowest BCUT2D eigenvalue weighted by molar-refractivity contribution is -0.184. The van der Waals surface area contributed by atoms with Crippen LogP contribution in [0, 0.1) is 5.92 Å². The van der Waals surface area contributed by atoms with Crippen LogP contribution >= 0.6 is 11.6 Å². The number of nitrogens with one attached hydrogen (secondary N) is 1. The molecule has 1 aliphatic carbocycles. The average Bonchev–Trinajstić information content (AvgIpc) is 2.62. The Morgan fingerprint density at radius 1 is 1.19 bits per heavy atom. The Hall–Kier alpha value is -1.47. The van der Waals surface area contributed by atoms with Crippen LogP contribution in [-0.4, -0.2) is 55.7 Å². The number of hydrogen-bond donors (Lipinski definition) is 1. The summed E-state index contributed by atoms with van der Waals surface area (Å²) in [4.78, 5) is 16.5. The van der Waals surface area contributed by atoms with E-state index in [0.29, 0.717) is 17.9 Å². The van der Waals surface area contributed by atoms with Gasteiger partial charge in [0, 0.05) is 42.9 Å². The summed E-state index contributed by atoms with van der Waals surface area (Å²) in [7, 11) is 0. The van der Waals surface area contributed by atoms with E-state index in [4.69, 9.17) is 11.6 Å². The topological polar surface area (TPSA) is 35.6 Å². The second kappa shape index (κ2) is 8.69. The molecule has 2 atom stereocenters. The molecule has 0 spiro atoms. The molecule has 2 fully saturated rings. The van der Waals surface area contributed by atoms with Crippen molar-refractivity contribution in [3.8, 4) is 0 Å². The average molecular weight is 404 g/mol. The zero-order valence-corrected chi connectivity index (χ0v) is 15.9. The molecular formula is C19H25ClF3N3O. The number of benzene rings is 1. The molecule has 1 N–H and O–H groups in total. The van der Waals surface area contributed by atoms with Gasteiger partial charge in [-0.2, -0.15) is 13.2 Å². The Balaban J connectivity index is 1.43. The Bertz CT molecular complexity index is 647. The van der Waals surface area contributed by atoms with E-state index in [1.165, 1.54) is 0 Å². The molecule has 1 amide bonds. The number of rotatable bonds is 4. The number of hydrogen-bond acceptors (Lipinski definition) is 3. The van der Waals surface area contributed by atoms with Crippen molar-refractivity contribution in [2.24, 2.45) is 5.92 Å². The first-order valence-corrected chi connectivity index (χ1v) is 9.78. The van der Waals surface area contributed by atoms with Crippen LogP contribution in [0.5, 0.6) is 0 Å². The van der Waals surface area contributed by atoms with Crippen LogP contribution in [0.1, 0.15) is 25.7 Å². The normalized spacial score (nSPS) is 24.7. The zero-order valence-electron chi connectivity index (χ0n) is 15.1. The highest BCUT2D eigenvalue weighted by molar-refractivity contribution is 6.30. The van der Waals surface area contributed by atoms with Crippen molar-refractivity contribution >= 4 is 23.2 Å². The van der Waals surface area contributed by atoms with Crippen LogP contribution in [0.2, 0.25) is 5.02 Å². The highest BCUT2D eigenvalue weighted by atomic mass is 35.5. The monoisotopic (exact) mass is 403 g/mol. The smallest absolute Gasteiger partial charge is 0.369 e. The van der Waals surface area contributed by atoms with Crippen LogP contribution in [0.15, 0.2) is 24.3 Å². The van der Waals surface area contributed by atoms with E-state index in [9.17, 15) is 18.0 Å². The van der Waals surface area contributed by atoms with Crippen LogP contribution in [0.3, 0.4) is 0 Å². The van der Waals surface area contributed by atoms with Gasteiger partial charge in [-0.1, -0.05) is 24.1 Å². The largest absolute Gasteiger partial charge is 0.391 e. The number of anilines is 1. The maximum atomic E-state index is 12.9. The maximum Gasteiger partial charge on any atom is 0.391 e. The fraction of sp³-hybridized carbons (Fsp3) is 0.632. The molecule has 8 heteroatoms. The van der Waals surface area contributed by atoms with E-state index in [-0.39, 0.29) is 31.3 Å². The van der Waals surface area contributed by atoms with Crippen LogP contribution in [0.4, 0.5) is 18.9 Å². The molecule has 1 heterocycles. The van der Waals surface area contributed by atoms with Gasteiger partial charge in [0.05, 0.1) is 12.5 Å². The summed E-state index contributed by atoms with van der Waals surface area (Å²) in [5, 5.41) is 3.50. The Kier molecular flexibility index (Phi) is 6.52. The fourth-order valence-corrected chi connectivity index (χ4v) is 4.12. The van der Waals surface area contributed by atoms with E-state index in [2.05, 4.69) is 10.2 Å². The van der Waals surface area contributed by atoms with Crippen molar-refractivity contribution in [2.75, 3.05) is 37.6 Å². The molecule has 1 aromatic carbocycles. The summed E-state index contributed by atoms with van der Waals surface area (Å²) in [6.07, 6.45) is -2.87. The van der Waals surface area contributed by atoms with E-state index >= 15 is 0 Å². The number of amides is 1. The number of halogens is 4. The van der Waals surface area contributed by atoms with Gasteiger partial charge in [-0.05, 0) is 37.5 Å². The van der Waals surface area contributed by atoms with Crippen LogP contribution in [0.25, 0.3) is 0 Å². The molecule has 1 saturated carbocycles. The second-order valence-electron chi connectivity index (χ2n) is 7.41. The van der Waals surface area contributed by atoms with Gasteiger partial charge >= 0.3 is 6.18 Å². The Labute approximate surface area is 162 Å². The molecule has 0 bridgehead atoms. The molecule has 1 aliphatic heterocycles. The van der Waals surface area contributed by atoms with Crippen molar-refractivity contribution in [1.82, 2.24) is 10.2 Å². The molecular weight excluding hydrogens is 379 g/mol. The van der Waals surface area contributed by atoms with Crippen molar-refractivity contribution in [3.63, 3.8) is 0 Å².